The first-order valence-corrected chi connectivity index (χ1v) is 5.72. The van der Waals surface area contributed by atoms with Gasteiger partial charge in [-0.3, -0.25) is 4.79 Å². The van der Waals surface area contributed by atoms with E-state index in [0.29, 0.717) is 0 Å². The summed E-state index contributed by atoms with van der Waals surface area (Å²) in [6.45, 7) is 9.93. The van der Waals surface area contributed by atoms with Crippen molar-refractivity contribution in [2.45, 2.75) is 40.7 Å². The minimum Gasteiger partial charge on any atom is -0.321 e. The maximum absolute atomic E-state index is 12.2. The van der Waals surface area contributed by atoms with Crippen LogP contribution in [-0.4, -0.2) is 11.8 Å². The van der Waals surface area contributed by atoms with Crippen LogP contribution in [0, 0.1) is 26.7 Å². The van der Waals surface area contributed by atoms with E-state index in [1.807, 2.05) is 46.8 Å². The van der Waals surface area contributed by atoms with E-state index >= 15 is 0 Å². The van der Waals surface area contributed by atoms with Crippen LogP contribution in [0.15, 0.2) is 12.1 Å². The Bertz CT molecular complexity index is 384. The maximum atomic E-state index is 12.2. The van der Waals surface area contributed by atoms with E-state index in [4.69, 9.17) is 5.73 Å². The predicted octanol–water partition coefficient (Wildman–Crippen LogP) is 2.78. The molecule has 0 aliphatic rings. The average molecular weight is 219 g/mol. The van der Waals surface area contributed by atoms with Gasteiger partial charge in [-0.05, 0) is 37.8 Å². The van der Waals surface area contributed by atoms with Crippen molar-refractivity contribution in [2.24, 2.45) is 11.7 Å². The largest absolute Gasteiger partial charge is 0.321 e. The van der Waals surface area contributed by atoms with Crippen LogP contribution in [0.3, 0.4) is 0 Å². The molecule has 0 amide bonds. The fourth-order valence-corrected chi connectivity index (χ4v) is 2.04. The number of benzene rings is 1. The van der Waals surface area contributed by atoms with E-state index in [9.17, 15) is 4.79 Å². The number of hydrogen-bond acceptors (Lipinski definition) is 2. The number of Topliss-reactive ketones (excluding diaryl/α,β-unsaturated/α-hetero) is 1. The van der Waals surface area contributed by atoms with Crippen molar-refractivity contribution in [3.05, 3.63) is 34.4 Å². The Morgan fingerprint density at radius 3 is 1.94 bits per heavy atom. The Balaban J connectivity index is 3.19. The Kier molecular flexibility index (Phi) is 3.87. The molecular weight excluding hydrogens is 198 g/mol. The second kappa shape index (κ2) is 4.79. The molecule has 0 saturated heterocycles. The quantitative estimate of drug-likeness (QED) is 0.794. The number of rotatable bonds is 3. The molecule has 2 nitrogen and oxygen atoms in total. The molecule has 0 fully saturated rings. The zero-order valence-electron chi connectivity index (χ0n) is 10.8. The smallest absolute Gasteiger partial charge is 0.180 e. The Morgan fingerprint density at radius 1 is 1.12 bits per heavy atom. The molecule has 88 valence electrons. The van der Waals surface area contributed by atoms with E-state index in [-0.39, 0.29) is 11.7 Å². The number of hydrogen-bond donors (Lipinski definition) is 1. The normalized spacial score (nSPS) is 12.9. The van der Waals surface area contributed by atoms with E-state index in [2.05, 4.69) is 0 Å². The van der Waals surface area contributed by atoms with Crippen molar-refractivity contribution < 1.29 is 4.79 Å². The van der Waals surface area contributed by atoms with Crippen LogP contribution in [0.25, 0.3) is 0 Å². The lowest BCUT2D eigenvalue weighted by atomic mass is 9.89. The van der Waals surface area contributed by atoms with E-state index in [1.165, 1.54) is 5.56 Å². The fraction of sp³-hybridized carbons (Fsp3) is 0.500. The molecule has 0 heterocycles. The number of nitrogens with two attached hydrogens (primary N) is 1. The van der Waals surface area contributed by atoms with Gasteiger partial charge in [0.1, 0.15) is 0 Å². The summed E-state index contributed by atoms with van der Waals surface area (Å²) < 4.78 is 0. The lowest BCUT2D eigenvalue weighted by molar-refractivity contribution is 0.0939. The Hall–Kier alpha value is -1.15. The third kappa shape index (κ3) is 2.50. The summed E-state index contributed by atoms with van der Waals surface area (Å²) in [5, 5.41) is 0. The van der Waals surface area contributed by atoms with Gasteiger partial charge in [-0.1, -0.05) is 31.5 Å². The minimum absolute atomic E-state index is 0.0602. The van der Waals surface area contributed by atoms with Crippen LogP contribution in [0.1, 0.15) is 40.9 Å². The zero-order valence-corrected chi connectivity index (χ0v) is 10.8. The molecule has 0 bridgehead atoms. The van der Waals surface area contributed by atoms with Gasteiger partial charge in [-0.15, -0.1) is 0 Å². The van der Waals surface area contributed by atoms with Crippen molar-refractivity contribution in [1.29, 1.82) is 0 Å². The molecule has 1 aromatic carbocycles. The molecule has 1 rings (SSSR count). The first-order valence-electron chi connectivity index (χ1n) is 5.72. The Labute approximate surface area is 97.9 Å². The first-order chi connectivity index (χ1) is 7.34. The second-order valence-corrected chi connectivity index (χ2v) is 4.91. The third-order valence-electron chi connectivity index (χ3n) is 2.94. The molecule has 0 unspecified atom stereocenters. The minimum atomic E-state index is -0.403. The molecule has 0 aliphatic heterocycles. The summed E-state index contributed by atoms with van der Waals surface area (Å²) >= 11 is 0. The molecule has 0 spiro atoms. The van der Waals surface area contributed by atoms with Gasteiger partial charge in [0, 0.05) is 5.56 Å². The highest BCUT2D eigenvalue weighted by Gasteiger charge is 2.22. The molecule has 0 aromatic heterocycles. The highest BCUT2D eigenvalue weighted by molar-refractivity contribution is 6.02. The molecule has 1 atom stereocenters. The summed E-state index contributed by atoms with van der Waals surface area (Å²) in [4.78, 5) is 12.2. The van der Waals surface area contributed by atoms with Gasteiger partial charge in [-0.25, -0.2) is 0 Å². The van der Waals surface area contributed by atoms with Gasteiger partial charge in [0.15, 0.2) is 5.78 Å². The van der Waals surface area contributed by atoms with Crippen LogP contribution in [-0.2, 0) is 0 Å². The number of ketones is 1. The van der Waals surface area contributed by atoms with Gasteiger partial charge in [-0.2, -0.15) is 0 Å². The lowest BCUT2D eigenvalue weighted by Gasteiger charge is -2.17. The van der Waals surface area contributed by atoms with E-state index in [1.54, 1.807) is 0 Å². The molecule has 1 aromatic rings. The highest BCUT2D eigenvalue weighted by Crippen LogP contribution is 2.19. The molecule has 0 aliphatic carbocycles. The molecule has 2 N–H and O–H groups in total. The summed E-state index contributed by atoms with van der Waals surface area (Å²) in [5.41, 5.74) is 9.95. The molecule has 0 radical (unpaired) electrons. The van der Waals surface area contributed by atoms with Gasteiger partial charge >= 0.3 is 0 Å². The van der Waals surface area contributed by atoms with Gasteiger partial charge in [0.05, 0.1) is 6.04 Å². The summed E-state index contributed by atoms with van der Waals surface area (Å²) in [6, 6.07) is 3.67. The topological polar surface area (TPSA) is 43.1 Å². The van der Waals surface area contributed by atoms with E-state index in [0.717, 1.165) is 16.7 Å². The molecule has 16 heavy (non-hydrogen) atoms. The van der Waals surface area contributed by atoms with Gasteiger partial charge in [0.2, 0.25) is 0 Å². The van der Waals surface area contributed by atoms with E-state index < -0.39 is 6.04 Å². The number of carbonyl (C=O) groups is 1. The monoisotopic (exact) mass is 219 g/mol. The molecule has 0 saturated carbocycles. The number of carbonyl (C=O) groups excluding carboxylic acids is 1. The number of aryl methyl sites for hydroxylation is 3. The molecule has 2 heteroatoms. The van der Waals surface area contributed by atoms with Crippen LogP contribution in [0.2, 0.25) is 0 Å². The van der Waals surface area contributed by atoms with Crippen molar-refractivity contribution in [1.82, 2.24) is 0 Å². The summed E-state index contributed by atoms with van der Waals surface area (Å²) in [5.74, 6) is 0.234. The lowest BCUT2D eigenvalue weighted by Crippen LogP contribution is -2.36. The van der Waals surface area contributed by atoms with Crippen LogP contribution in [0.4, 0.5) is 0 Å². The standard InChI is InChI=1S/C14H21NO/c1-8(2)13(15)14(16)12-10(4)6-9(3)7-11(12)5/h6-8,13H,15H2,1-5H3/t13-/m0/s1. The van der Waals surface area contributed by atoms with Crippen molar-refractivity contribution in [3.8, 4) is 0 Å². The maximum Gasteiger partial charge on any atom is 0.180 e. The van der Waals surface area contributed by atoms with Crippen LogP contribution < -0.4 is 5.73 Å². The van der Waals surface area contributed by atoms with Crippen molar-refractivity contribution in [3.63, 3.8) is 0 Å². The predicted molar refractivity (Wildman–Crippen MR) is 67.8 cm³/mol. The zero-order chi connectivity index (χ0) is 12.5. The summed E-state index contributed by atoms with van der Waals surface area (Å²) in [6.07, 6.45) is 0. The van der Waals surface area contributed by atoms with Gasteiger partial charge < -0.3 is 5.73 Å². The summed E-state index contributed by atoms with van der Waals surface area (Å²) in [7, 11) is 0. The molecular formula is C14H21NO. The Morgan fingerprint density at radius 2 is 1.56 bits per heavy atom. The first kappa shape index (κ1) is 12.9. The fourth-order valence-electron chi connectivity index (χ4n) is 2.04. The van der Waals surface area contributed by atoms with Gasteiger partial charge in [0.25, 0.3) is 0 Å². The van der Waals surface area contributed by atoms with Crippen LogP contribution in [0.5, 0.6) is 0 Å². The van der Waals surface area contributed by atoms with Crippen molar-refractivity contribution >= 4 is 5.78 Å². The second-order valence-electron chi connectivity index (χ2n) is 4.91. The average Bonchev–Trinajstić information content (AvgIpc) is 2.14. The van der Waals surface area contributed by atoms with Crippen molar-refractivity contribution in [2.75, 3.05) is 0 Å². The highest BCUT2D eigenvalue weighted by atomic mass is 16.1. The van der Waals surface area contributed by atoms with Crippen LogP contribution >= 0.6 is 0 Å². The SMILES string of the molecule is Cc1cc(C)c(C(=O)[C@@H](N)C(C)C)c(C)c1. The third-order valence-corrected chi connectivity index (χ3v) is 2.94.